The number of likely N-dealkylation sites (tertiary alicyclic amines) is 2. The number of rotatable bonds is 8. The number of anilines is 2. The lowest BCUT2D eigenvalue weighted by molar-refractivity contribution is 0.177. The number of aryl methyl sites for hydroxylation is 1. The summed E-state index contributed by atoms with van der Waals surface area (Å²) in [7, 11) is 0. The topological polar surface area (TPSA) is 52.5 Å². The molecule has 0 saturated carbocycles. The Morgan fingerprint density at radius 2 is 1.64 bits per heavy atom. The Morgan fingerprint density at radius 3 is 2.36 bits per heavy atom. The number of piperidine rings is 2. The number of nitrogens with zero attached hydrogens (tertiary/aromatic N) is 6. The van der Waals surface area contributed by atoms with Gasteiger partial charge in [-0.3, -0.25) is 0 Å². The smallest absolute Gasteiger partial charge is 0.229 e. The number of aromatic nitrogens is 3. The molecule has 0 spiro atoms. The van der Waals surface area contributed by atoms with Gasteiger partial charge in [-0.25, -0.2) is 0 Å². The van der Waals surface area contributed by atoms with Crippen LogP contribution in [-0.2, 0) is 6.54 Å². The SMILES string of the molecule is CC(C)N1CCC(Nc2nc(N3CCCCC3)nc3c2ccn3CCCN2CCCC2)CC1. The van der Waals surface area contributed by atoms with Crippen molar-refractivity contribution in [3.63, 3.8) is 0 Å². The largest absolute Gasteiger partial charge is 0.367 e. The minimum absolute atomic E-state index is 0.492. The van der Waals surface area contributed by atoms with Gasteiger partial charge in [0, 0.05) is 51.0 Å². The molecule has 3 fully saturated rings. The highest BCUT2D eigenvalue weighted by atomic mass is 15.3. The van der Waals surface area contributed by atoms with Gasteiger partial charge in [0.15, 0.2) is 0 Å². The molecule has 182 valence electrons. The van der Waals surface area contributed by atoms with Crippen LogP contribution < -0.4 is 10.2 Å². The minimum Gasteiger partial charge on any atom is -0.367 e. The molecule has 33 heavy (non-hydrogen) atoms. The van der Waals surface area contributed by atoms with Crippen molar-refractivity contribution >= 4 is 22.8 Å². The Bertz CT molecular complexity index is 887. The van der Waals surface area contributed by atoms with Crippen molar-refractivity contribution < 1.29 is 0 Å². The average Bonchev–Trinajstić information content (AvgIpc) is 3.50. The standard InChI is InChI=1S/C26H43N7/c1-21(2)31-18-9-22(10-19-31)27-24-23-11-20-32(17-8-14-30-12-6-7-13-30)25(23)29-26(28-24)33-15-4-3-5-16-33/h11,20-22H,3-10,12-19H2,1-2H3,(H,27,28,29). The first-order chi connectivity index (χ1) is 16.2. The molecule has 0 atom stereocenters. The second kappa shape index (κ2) is 10.6. The van der Waals surface area contributed by atoms with Gasteiger partial charge in [-0.2, -0.15) is 9.97 Å². The molecule has 5 heterocycles. The molecule has 0 bridgehead atoms. The van der Waals surface area contributed by atoms with Crippen molar-refractivity contribution in [2.45, 2.75) is 83.8 Å². The van der Waals surface area contributed by atoms with E-state index >= 15 is 0 Å². The van der Waals surface area contributed by atoms with Crippen LogP contribution in [-0.4, -0.2) is 82.2 Å². The molecule has 3 aliphatic heterocycles. The minimum atomic E-state index is 0.492. The van der Waals surface area contributed by atoms with Gasteiger partial charge in [-0.05, 0) is 90.9 Å². The molecule has 7 heteroatoms. The fourth-order valence-corrected chi connectivity index (χ4v) is 5.80. The molecular weight excluding hydrogens is 410 g/mol. The van der Waals surface area contributed by atoms with E-state index in [1.807, 2.05) is 0 Å². The van der Waals surface area contributed by atoms with Crippen LogP contribution >= 0.6 is 0 Å². The molecule has 3 aliphatic rings. The normalized spacial score (nSPS) is 21.5. The van der Waals surface area contributed by atoms with E-state index in [9.17, 15) is 0 Å². The molecule has 2 aromatic rings. The molecule has 3 saturated heterocycles. The molecule has 0 aromatic carbocycles. The first kappa shape index (κ1) is 22.9. The average molecular weight is 454 g/mol. The third kappa shape index (κ3) is 5.46. The van der Waals surface area contributed by atoms with Crippen molar-refractivity contribution in [2.75, 3.05) is 56.0 Å². The molecular formula is C26H43N7. The molecule has 7 nitrogen and oxygen atoms in total. The van der Waals surface area contributed by atoms with E-state index in [2.05, 4.69) is 50.7 Å². The van der Waals surface area contributed by atoms with E-state index in [1.54, 1.807) is 0 Å². The second-order valence-corrected chi connectivity index (χ2v) is 10.6. The molecule has 0 amide bonds. The van der Waals surface area contributed by atoms with E-state index in [1.165, 1.54) is 89.5 Å². The highest BCUT2D eigenvalue weighted by Crippen LogP contribution is 2.28. The lowest BCUT2D eigenvalue weighted by Gasteiger charge is -2.35. The van der Waals surface area contributed by atoms with Crippen LogP contribution in [0.2, 0.25) is 0 Å². The number of hydrogen-bond acceptors (Lipinski definition) is 6. The van der Waals surface area contributed by atoms with Crippen molar-refractivity contribution in [3.8, 4) is 0 Å². The zero-order valence-electron chi connectivity index (χ0n) is 20.8. The van der Waals surface area contributed by atoms with Crippen molar-refractivity contribution in [3.05, 3.63) is 12.3 Å². The third-order valence-corrected chi connectivity index (χ3v) is 7.92. The summed E-state index contributed by atoms with van der Waals surface area (Å²) >= 11 is 0. The predicted molar refractivity (Wildman–Crippen MR) is 137 cm³/mol. The van der Waals surface area contributed by atoms with Gasteiger partial charge in [0.2, 0.25) is 5.95 Å². The molecule has 0 radical (unpaired) electrons. The number of nitrogens with one attached hydrogen (secondary N) is 1. The Morgan fingerprint density at radius 1 is 0.909 bits per heavy atom. The highest BCUT2D eigenvalue weighted by molar-refractivity contribution is 5.89. The first-order valence-corrected chi connectivity index (χ1v) is 13.5. The van der Waals surface area contributed by atoms with Crippen LogP contribution in [0.5, 0.6) is 0 Å². The number of hydrogen-bond donors (Lipinski definition) is 1. The lowest BCUT2D eigenvalue weighted by Crippen LogP contribution is -2.42. The summed E-state index contributed by atoms with van der Waals surface area (Å²) < 4.78 is 2.37. The Hall–Kier alpha value is -1.86. The molecule has 2 aromatic heterocycles. The van der Waals surface area contributed by atoms with Gasteiger partial charge >= 0.3 is 0 Å². The second-order valence-electron chi connectivity index (χ2n) is 10.6. The van der Waals surface area contributed by atoms with Crippen LogP contribution in [0.1, 0.15) is 65.2 Å². The summed E-state index contributed by atoms with van der Waals surface area (Å²) in [5.41, 5.74) is 1.11. The number of fused-ring (bicyclic) bond motifs is 1. The Labute approximate surface area is 199 Å². The van der Waals surface area contributed by atoms with Crippen molar-refractivity contribution in [1.82, 2.24) is 24.3 Å². The summed E-state index contributed by atoms with van der Waals surface area (Å²) in [5, 5.41) is 5.03. The van der Waals surface area contributed by atoms with Crippen LogP contribution in [0.3, 0.4) is 0 Å². The first-order valence-electron chi connectivity index (χ1n) is 13.5. The monoisotopic (exact) mass is 453 g/mol. The van der Waals surface area contributed by atoms with Gasteiger partial charge in [0.05, 0.1) is 5.39 Å². The van der Waals surface area contributed by atoms with Crippen LogP contribution in [0.4, 0.5) is 11.8 Å². The van der Waals surface area contributed by atoms with Gasteiger partial charge < -0.3 is 24.6 Å². The zero-order chi connectivity index (χ0) is 22.6. The molecule has 5 rings (SSSR count). The molecule has 0 unspecified atom stereocenters. The van der Waals surface area contributed by atoms with E-state index in [4.69, 9.17) is 9.97 Å². The van der Waals surface area contributed by atoms with E-state index in [0.717, 1.165) is 37.0 Å². The lowest BCUT2D eigenvalue weighted by atomic mass is 10.0. The Kier molecular flexibility index (Phi) is 7.36. The van der Waals surface area contributed by atoms with Gasteiger partial charge in [-0.1, -0.05) is 0 Å². The predicted octanol–water partition coefficient (Wildman–Crippen LogP) is 4.19. The molecule has 1 N–H and O–H groups in total. The maximum absolute atomic E-state index is 5.11. The molecule has 0 aliphatic carbocycles. The zero-order valence-corrected chi connectivity index (χ0v) is 20.8. The fourth-order valence-electron chi connectivity index (χ4n) is 5.80. The summed E-state index contributed by atoms with van der Waals surface area (Å²) in [5.74, 6) is 1.96. The third-order valence-electron chi connectivity index (χ3n) is 7.92. The quantitative estimate of drug-likeness (QED) is 0.647. The van der Waals surface area contributed by atoms with E-state index in [-0.39, 0.29) is 0 Å². The summed E-state index contributed by atoms with van der Waals surface area (Å²) in [6.07, 6.45) is 12.3. The summed E-state index contributed by atoms with van der Waals surface area (Å²) in [4.78, 5) is 17.8. The van der Waals surface area contributed by atoms with E-state index < -0.39 is 0 Å². The van der Waals surface area contributed by atoms with Gasteiger partial charge in [-0.15, -0.1) is 0 Å². The van der Waals surface area contributed by atoms with E-state index in [0.29, 0.717) is 12.1 Å². The van der Waals surface area contributed by atoms with Crippen LogP contribution in [0, 0.1) is 0 Å². The Balaban J connectivity index is 1.35. The van der Waals surface area contributed by atoms with Gasteiger partial charge in [0.1, 0.15) is 11.5 Å². The van der Waals surface area contributed by atoms with Crippen molar-refractivity contribution in [2.24, 2.45) is 0 Å². The summed E-state index contributed by atoms with van der Waals surface area (Å²) in [6, 6.07) is 3.36. The maximum atomic E-state index is 5.11. The van der Waals surface area contributed by atoms with Crippen molar-refractivity contribution in [1.29, 1.82) is 0 Å². The highest BCUT2D eigenvalue weighted by Gasteiger charge is 2.24. The maximum Gasteiger partial charge on any atom is 0.229 e. The fraction of sp³-hybridized carbons (Fsp3) is 0.769. The van der Waals surface area contributed by atoms with Crippen LogP contribution in [0.15, 0.2) is 12.3 Å². The van der Waals surface area contributed by atoms with Gasteiger partial charge in [0.25, 0.3) is 0 Å². The summed E-state index contributed by atoms with van der Waals surface area (Å²) in [6.45, 7) is 13.9. The van der Waals surface area contributed by atoms with Crippen LogP contribution in [0.25, 0.3) is 11.0 Å².